The number of nitrogens with one attached hydrogen (secondary N) is 1. The predicted octanol–water partition coefficient (Wildman–Crippen LogP) is 3.18. The molecule has 0 radical (unpaired) electrons. The summed E-state index contributed by atoms with van der Waals surface area (Å²) in [7, 11) is 0. The Morgan fingerprint density at radius 2 is 2.00 bits per heavy atom. The van der Waals surface area contributed by atoms with Gasteiger partial charge in [0.15, 0.2) is 0 Å². The number of nitrogens with two attached hydrogens (primary N) is 1. The summed E-state index contributed by atoms with van der Waals surface area (Å²) < 4.78 is 42.7. The Morgan fingerprint density at radius 1 is 1.19 bits per heavy atom. The number of aromatic nitrogens is 1. The van der Waals surface area contributed by atoms with Gasteiger partial charge < -0.3 is 15.8 Å². The molecule has 1 aromatic carbocycles. The van der Waals surface area contributed by atoms with Crippen molar-refractivity contribution in [1.82, 2.24) is 4.98 Å². The van der Waals surface area contributed by atoms with E-state index in [9.17, 15) is 13.2 Å². The molecule has 2 rings (SSSR count). The van der Waals surface area contributed by atoms with Gasteiger partial charge in [0, 0.05) is 24.5 Å². The second-order valence-electron chi connectivity index (χ2n) is 4.22. The van der Waals surface area contributed by atoms with Crippen molar-refractivity contribution in [2.45, 2.75) is 6.18 Å². The molecule has 0 aliphatic rings. The van der Waals surface area contributed by atoms with Crippen LogP contribution in [-0.4, -0.2) is 18.1 Å². The minimum absolute atomic E-state index is 0.318. The first kappa shape index (κ1) is 15.1. The van der Waals surface area contributed by atoms with Crippen LogP contribution in [0.4, 0.5) is 24.7 Å². The van der Waals surface area contributed by atoms with Gasteiger partial charge in [0.1, 0.15) is 18.2 Å². The molecule has 0 fully saturated rings. The zero-order valence-electron chi connectivity index (χ0n) is 11.0. The van der Waals surface area contributed by atoms with E-state index in [2.05, 4.69) is 10.3 Å². The quantitative estimate of drug-likeness (QED) is 0.890. The Morgan fingerprint density at radius 3 is 2.62 bits per heavy atom. The number of nitrogens with zero attached hydrogens (tertiary/aromatic N) is 1. The Balaban J connectivity index is 2.07. The van der Waals surface area contributed by atoms with Crippen molar-refractivity contribution >= 4 is 11.5 Å². The molecule has 0 aliphatic heterocycles. The minimum atomic E-state index is -4.39. The molecule has 21 heavy (non-hydrogen) atoms. The maximum absolute atomic E-state index is 12.4. The number of ether oxygens (including phenoxy) is 1. The van der Waals surface area contributed by atoms with Gasteiger partial charge in [0.25, 0.3) is 0 Å². The largest absolute Gasteiger partial charge is 0.492 e. The molecule has 3 N–H and O–H groups in total. The van der Waals surface area contributed by atoms with Crippen molar-refractivity contribution in [3.8, 4) is 5.75 Å². The van der Waals surface area contributed by atoms with Crippen molar-refractivity contribution in [3.05, 3.63) is 48.2 Å². The van der Waals surface area contributed by atoms with Gasteiger partial charge in [0.2, 0.25) is 0 Å². The molecular formula is C14H14F3N3O. The van der Waals surface area contributed by atoms with Gasteiger partial charge in [-0.3, -0.25) is 0 Å². The second-order valence-corrected chi connectivity index (χ2v) is 4.22. The van der Waals surface area contributed by atoms with Crippen LogP contribution in [0.1, 0.15) is 5.56 Å². The third-order valence-electron chi connectivity index (χ3n) is 2.58. The monoisotopic (exact) mass is 297 g/mol. The molecule has 0 amide bonds. The summed E-state index contributed by atoms with van der Waals surface area (Å²) in [5, 5.41) is 2.91. The summed E-state index contributed by atoms with van der Waals surface area (Å²) in [6.07, 6.45) is -3.60. The molecule has 0 unspecified atom stereocenters. The number of halogens is 3. The number of anilines is 2. The summed E-state index contributed by atoms with van der Waals surface area (Å²) in [5.74, 6) is 0.941. The third kappa shape index (κ3) is 4.35. The summed E-state index contributed by atoms with van der Waals surface area (Å²) in [6.45, 7) is 0.792. The number of benzene rings is 1. The lowest BCUT2D eigenvalue weighted by molar-refractivity contribution is -0.137. The molecule has 0 atom stereocenters. The van der Waals surface area contributed by atoms with E-state index in [1.165, 1.54) is 6.07 Å². The lowest BCUT2D eigenvalue weighted by Crippen LogP contribution is -2.10. The maximum atomic E-state index is 12.4. The first-order valence-corrected chi connectivity index (χ1v) is 6.22. The molecule has 0 spiro atoms. The molecular weight excluding hydrogens is 283 g/mol. The maximum Gasteiger partial charge on any atom is 0.417 e. The van der Waals surface area contributed by atoms with Gasteiger partial charge in [-0.1, -0.05) is 6.07 Å². The van der Waals surface area contributed by atoms with E-state index < -0.39 is 11.7 Å². The Labute approximate surface area is 119 Å². The van der Waals surface area contributed by atoms with E-state index in [1.807, 2.05) is 0 Å². The van der Waals surface area contributed by atoms with Crippen LogP contribution in [0.15, 0.2) is 42.6 Å². The van der Waals surface area contributed by atoms with Gasteiger partial charge in [-0.15, -0.1) is 0 Å². The average molecular weight is 297 g/mol. The van der Waals surface area contributed by atoms with Gasteiger partial charge in [-0.2, -0.15) is 13.2 Å². The Kier molecular flexibility index (Phi) is 4.64. The smallest absolute Gasteiger partial charge is 0.417 e. The van der Waals surface area contributed by atoms with Crippen LogP contribution in [0, 0.1) is 0 Å². The third-order valence-corrected chi connectivity index (χ3v) is 2.58. The minimum Gasteiger partial charge on any atom is -0.492 e. The number of hydrogen-bond donors (Lipinski definition) is 2. The SMILES string of the molecule is NCCOc1cccc(Nc2ccc(C(F)(F)F)cn2)c1. The first-order valence-electron chi connectivity index (χ1n) is 6.22. The molecule has 112 valence electrons. The normalized spacial score (nSPS) is 11.2. The fraction of sp³-hybridized carbons (Fsp3) is 0.214. The van der Waals surface area contributed by atoms with Crippen molar-refractivity contribution in [1.29, 1.82) is 0 Å². The number of hydrogen-bond acceptors (Lipinski definition) is 4. The molecule has 2 aromatic rings. The molecule has 0 aliphatic carbocycles. The molecule has 4 nitrogen and oxygen atoms in total. The second kappa shape index (κ2) is 6.45. The van der Waals surface area contributed by atoms with E-state index in [4.69, 9.17) is 10.5 Å². The van der Waals surface area contributed by atoms with E-state index in [1.54, 1.807) is 24.3 Å². The topological polar surface area (TPSA) is 60.2 Å². The van der Waals surface area contributed by atoms with Gasteiger partial charge in [-0.25, -0.2) is 4.98 Å². The highest BCUT2D eigenvalue weighted by Crippen LogP contribution is 2.29. The van der Waals surface area contributed by atoms with E-state index in [0.29, 0.717) is 30.4 Å². The highest BCUT2D eigenvalue weighted by Gasteiger charge is 2.30. The highest BCUT2D eigenvalue weighted by molar-refractivity contribution is 5.58. The van der Waals surface area contributed by atoms with Crippen molar-refractivity contribution in [2.24, 2.45) is 5.73 Å². The standard InChI is InChI=1S/C14H14F3N3O/c15-14(16,17)10-4-5-13(19-9-10)20-11-2-1-3-12(8-11)21-7-6-18/h1-5,8-9H,6-7,18H2,(H,19,20). The van der Waals surface area contributed by atoms with Gasteiger partial charge in [-0.05, 0) is 24.3 Å². The highest BCUT2D eigenvalue weighted by atomic mass is 19.4. The van der Waals surface area contributed by atoms with Crippen LogP contribution >= 0.6 is 0 Å². The van der Waals surface area contributed by atoms with Gasteiger partial charge in [0.05, 0.1) is 5.56 Å². The fourth-order valence-electron chi connectivity index (χ4n) is 1.62. The summed E-state index contributed by atoms with van der Waals surface area (Å²) in [6, 6.07) is 9.25. The van der Waals surface area contributed by atoms with Crippen LogP contribution in [0.25, 0.3) is 0 Å². The van der Waals surface area contributed by atoms with Crippen molar-refractivity contribution in [3.63, 3.8) is 0 Å². The average Bonchev–Trinajstić information content (AvgIpc) is 2.45. The summed E-state index contributed by atoms with van der Waals surface area (Å²) in [5.41, 5.74) is 5.22. The fourth-order valence-corrected chi connectivity index (χ4v) is 1.62. The molecule has 7 heteroatoms. The molecule has 0 saturated carbocycles. The van der Waals surface area contributed by atoms with E-state index >= 15 is 0 Å². The van der Waals surface area contributed by atoms with Crippen LogP contribution in [-0.2, 0) is 6.18 Å². The van der Waals surface area contributed by atoms with Crippen molar-refractivity contribution < 1.29 is 17.9 Å². The zero-order chi connectivity index (χ0) is 15.3. The number of rotatable bonds is 5. The lowest BCUT2D eigenvalue weighted by Gasteiger charge is -2.10. The van der Waals surface area contributed by atoms with E-state index in [-0.39, 0.29) is 0 Å². The summed E-state index contributed by atoms with van der Waals surface area (Å²) in [4.78, 5) is 3.74. The molecule has 0 bridgehead atoms. The van der Waals surface area contributed by atoms with Crippen molar-refractivity contribution in [2.75, 3.05) is 18.5 Å². The summed E-state index contributed by atoms with van der Waals surface area (Å²) >= 11 is 0. The van der Waals surface area contributed by atoms with Crippen LogP contribution < -0.4 is 15.8 Å². The molecule has 0 saturated heterocycles. The Hall–Kier alpha value is -2.28. The van der Waals surface area contributed by atoms with Crippen LogP contribution in [0.5, 0.6) is 5.75 Å². The van der Waals surface area contributed by atoms with Crippen LogP contribution in [0.2, 0.25) is 0 Å². The predicted molar refractivity (Wildman–Crippen MR) is 73.5 cm³/mol. The van der Waals surface area contributed by atoms with E-state index in [0.717, 1.165) is 12.3 Å². The lowest BCUT2D eigenvalue weighted by atomic mass is 10.2. The van der Waals surface area contributed by atoms with Crippen LogP contribution in [0.3, 0.4) is 0 Å². The first-order chi connectivity index (χ1) is 9.99. The molecule has 1 heterocycles. The van der Waals surface area contributed by atoms with Gasteiger partial charge >= 0.3 is 6.18 Å². The number of pyridine rings is 1. The molecule has 1 aromatic heterocycles. The zero-order valence-corrected chi connectivity index (χ0v) is 11.0. The Bertz CT molecular complexity index is 585. The number of alkyl halides is 3.